The molecule has 31 heavy (non-hydrogen) atoms. The first-order chi connectivity index (χ1) is 14.3. The maximum atomic E-state index is 14.2. The van der Waals surface area contributed by atoms with Crippen molar-refractivity contribution in [2.45, 2.75) is 32.9 Å². The number of carbonyl (C=O) groups is 1. The van der Waals surface area contributed by atoms with Gasteiger partial charge in [-0.25, -0.2) is 4.39 Å². The molecule has 11 heteroatoms. The number of hydrogen-bond donors (Lipinski definition) is 0. The number of nitrogens with zero attached hydrogens (tertiary/aromatic N) is 1. The minimum atomic E-state index is -4.98. The number of alkyl halides is 6. The van der Waals surface area contributed by atoms with Crippen molar-refractivity contribution in [1.29, 1.82) is 0 Å². The maximum absolute atomic E-state index is 14.2. The molecule has 0 saturated carbocycles. The minimum absolute atomic E-state index is 0.0265. The number of ether oxygens (including phenoxy) is 2. The fourth-order valence-corrected chi connectivity index (χ4v) is 3.18. The second kappa shape index (κ2) is 7.78. The molecule has 0 amide bonds. The van der Waals surface area contributed by atoms with E-state index in [1.165, 1.54) is 23.6 Å². The van der Waals surface area contributed by atoms with Crippen molar-refractivity contribution in [2.24, 2.45) is 0 Å². The van der Waals surface area contributed by atoms with Gasteiger partial charge in [-0.3, -0.25) is 4.79 Å². The Morgan fingerprint density at radius 1 is 1.06 bits per heavy atom. The van der Waals surface area contributed by atoms with E-state index < -0.39 is 35.6 Å². The molecule has 0 atom stereocenters. The second-order valence-corrected chi connectivity index (χ2v) is 6.64. The van der Waals surface area contributed by atoms with Crippen LogP contribution in [-0.4, -0.2) is 16.9 Å². The van der Waals surface area contributed by atoms with Gasteiger partial charge in [0.1, 0.15) is 11.6 Å². The number of fused-ring (bicyclic) bond motifs is 1. The summed E-state index contributed by atoms with van der Waals surface area (Å²) < 4.78 is 101. The second-order valence-electron chi connectivity index (χ2n) is 6.64. The predicted octanol–water partition coefficient (Wildman–Crippen LogP) is 5.98. The Hall–Kier alpha value is -3.24. The number of aromatic nitrogens is 1. The zero-order valence-corrected chi connectivity index (χ0v) is 16.0. The number of esters is 1. The van der Waals surface area contributed by atoms with E-state index >= 15 is 0 Å². The molecule has 0 aliphatic rings. The first-order valence-electron chi connectivity index (χ1n) is 8.69. The van der Waals surface area contributed by atoms with Crippen molar-refractivity contribution in [3.8, 4) is 11.5 Å². The smallest absolute Gasteiger partial charge is 0.424 e. The van der Waals surface area contributed by atoms with Gasteiger partial charge in [0.2, 0.25) is 0 Å². The Morgan fingerprint density at radius 3 is 2.32 bits per heavy atom. The number of benzene rings is 2. The lowest BCUT2D eigenvalue weighted by atomic mass is 10.1. The Balaban J connectivity index is 2.14. The van der Waals surface area contributed by atoms with Crippen LogP contribution in [0.4, 0.5) is 30.7 Å². The van der Waals surface area contributed by atoms with Crippen molar-refractivity contribution in [1.82, 2.24) is 4.57 Å². The van der Waals surface area contributed by atoms with E-state index in [2.05, 4.69) is 4.74 Å². The van der Waals surface area contributed by atoms with E-state index in [9.17, 15) is 35.5 Å². The maximum Gasteiger partial charge on any atom is 0.573 e. The highest BCUT2D eigenvalue weighted by atomic mass is 19.4. The summed E-state index contributed by atoms with van der Waals surface area (Å²) in [5, 5.41) is -0.163. The van der Waals surface area contributed by atoms with Gasteiger partial charge in [0.15, 0.2) is 5.75 Å². The molecule has 0 bridgehead atoms. The average molecular weight is 449 g/mol. The molecule has 2 aromatic carbocycles. The van der Waals surface area contributed by atoms with E-state index in [-0.39, 0.29) is 34.5 Å². The summed E-state index contributed by atoms with van der Waals surface area (Å²) >= 11 is 0. The van der Waals surface area contributed by atoms with Crippen molar-refractivity contribution in [3.05, 3.63) is 59.0 Å². The molecule has 166 valence electrons. The third-order valence-corrected chi connectivity index (χ3v) is 4.38. The molecule has 1 heterocycles. The molecule has 0 fully saturated rings. The fraction of sp³-hybridized carbons (Fsp3) is 0.250. The summed E-state index contributed by atoms with van der Waals surface area (Å²) in [5.41, 5.74) is -1.09. The van der Waals surface area contributed by atoms with Crippen LogP contribution >= 0.6 is 0 Å². The quantitative estimate of drug-likeness (QED) is 0.364. The van der Waals surface area contributed by atoms with Gasteiger partial charge in [-0.15, -0.1) is 13.2 Å². The van der Waals surface area contributed by atoms with Crippen LogP contribution in [0.1, 0.15) is 23.7 Å². The Kier molecular flexibility index (Phi) is 5.64. The van der Waals surface area contributed by atoms with E-state index in [0.29, 0.717) is 12.1 Å². The third kappa shape index (κ3) is 4.92. The number of carbonyl (C=O) groups excluding carboxylic acids is 1. The number of halogens is 7. The predicted molar refractivity (Wildman–Crippen MR) is 95.2 cm³/mol. The summed E-state index contributed by atoms with van der Waals surface area (Å²) in [6, 6.07) is 6.11. The van der Waals surface area contributed by atoms with Crippen molar-refractivity contribution >= 4 is 16.9 Å². The lowest BCUT2D eigenvalue weighted by Crippen LogP contribution is -2.17. The molecule has 0 spiro atoms. The van der Waals surface area contributed by atoms with Crippen LogP contribution in [-0.2, 0) is 17.5 Å². The van der Waals surface area contributed by atoms with Crippen LogP contribution in [0.2, 0.25) is 0 Å². The molecule has 3 rings (SSSR count). The number of rotatable bonds is 4. The van der Waals surface area contributed by atoms with Gasteiger partial charge in [-0.2, -0.15) is 13.2 Å². The molecule has 4 nitrogen and oxygen atoms in total. The standard InChI is InChI=1S/C20H14F7NO3/c1-10-18(30-11(2)29)14-7-15(19(22,23)24)16(21)8-17(14)28(10)9-12-4-3-5-13(6-12)31-20(25,26)27/h3-8H,9H2,1-2H3. The molecule has 0 aliphatic carbocycles. The van der Waals surface area contributed by atoms with Gasteiger partial charge < -0.3 is 14.0 Å². The molecule has 0 radical (unpaired) electrons. The Morgan fingerprint density at radius 2 is 1.74 bits per heavy atom. The van der Waals surface area contributed by atoms with E-state index in [4.69, 9.17) is 4.74 Å². The molecular weight excluding hydrogens is 435 g/mol. The van der Waals surface area contributed by atoms with Gasteiger partial charge in [-0.05, 0) is 36.8 Å². The Labute approximate surface area is 170 Å². The first-order valence-corrected chi connectivity index (χ1v) is 8.69. The highest BCUT2D eigenvalue weighted by molar-refractivity contribution is 5.91. The van der Waals surface area contributed by atoms with E-state index in [0.717, 1.165) is 19.1 Å². The third-order valence-electron chi connectivity index (χ3n) is 4.38. The van der Waals surface area contributed by atoms with Gasteiger partial charge in [0.05, 0.1) is 16.8 Å². The molecule has 0 aliphatic heterocycles. The molecule has 0 unspecified atom stereocenters. The minimum Gasteiger partial charge on any atom is -0.424 e. The van der Waals surface area contributed by atoms with Crippen LogP contribution in [0.15, 0.2) is 36.4 Å². The highest BCUT2D eigenvalue weighted by Gasteiger charge is 2.36. The molecule has 3 aromatic rings. The first kappa shape index (κ1) is 22.4. The highest BCUT2D eigenvalue weighted by Crippen LogP contribution is 2.40. The fourth-order valence-electron chi connectivity index (χ4n) is 3.18. The van der Waals surface area contributed by atoms with Crippen molar-refractivity contribution in [2.75, 3.05) is 0 Å². The van der Waals surface area contributed by atoms with Crippen LogP contribution in [0.3, 0.4) is 0 Å². The van der Waals surface area contributed by atoms with Crippen LogP contribution in [0.25, 0.3) is 10.9 Å². The molecule has 0 saturated heterocycles. The average Bonchev–Trinajstić information content (AvgIpc) is 2.84. The lowest BCUT2D eigenvalue weighted by Gasteiger charge is -2.13. The lowest BCUT2D eigenvalue weighted by molar-refractivity contribution is -0.274. The summed E-state index contributed by atoms with van der Waals surface area (Å²) in [7, 11) is 0. The zero-order chi connectivity index (χ0) is 23.1. The van der Waals surface area contributed by atoms with Gasteiger partial charge in [0.25, 0.3) is 0 Å². The van der Waals surface area contributed by atoms with Crippen molar-refractivity contribution in [3.63, 3.8) is 0 Å². The van der Waals surface area contributed by atoms with Gasteiger partial charge >= 0.3 is 18.5 Å². The summed E-state index contributed by atoms with van der Waals surface area (Å²) in [4.78, 5) is 11.5. The monoisotopic (exact) mass is 449 g/mol. The zero-order valence-electron chi connectivity index (χ0n) is 16.0. The van der Waals surface area contributed by atoms with Crippen LogP contribution < -0.4 is 9.47 Å². The van der Waals surface area contributed by atoms with Crippen molar-refractivity contribution < 1.29 is 45.0 Å². The number of hydrogen-bond acceptors (Lipinski definition) is 3. The van der Waals surface area contributed by atoms with E-state index in [1.807, 2.05) is 0 Å². The SMILES string of the molecule is CC(=O)Oc1c(C)n(Cc2cccc(OC(F)(F)F)c2)c2cc(F)c(C(F)(F)F)cc12. The topological polar surface area (TPSA) is 40.5 Å². The largest absolute Gasteiger partial charge is 0.573 e. The Bertz CT molecular complexity index is 1150. The van der Waals surface area contributed by atoms with Crippen LogP contribution in [0, 0.1) is 12.7 Å². The normalized spacial score (nSPS) is 12.3. The summed E-state index contributed by atoms with van der Waals surface area (Å²) in [5.74, 6) is -3.04. The molecular formula is C20H14F7NO3. The van der Waals surface area contributed by atoms with Gasteiger partial charge in [0, 0.05) is 18.9 Å². The van der Waals surface area contributed by atoms with Gasteiger partial charge in [-0.1, -0.05) is 12.1 Å². The summed E-state index contributed by atoms with van der Waals surface area (Å²) in [6.07, 6.45) is -9.89. The molecule has 0 N–H and O–H groups in total. The van der Waals surface area contributed by atoms with Crippen LogP contribution in [0.5, 0.6) is 11.5 Å². The molecule has 1 aromatic heterocycles. The van der Waals surface area contributed by atoms with E-state index in [1.54, 1.807) is 0 Å². The summed E-state index contributed by atoms with van der Waals surface area (Å²) in [6.45, 7) is 2.33.